The molecule has 0 amide bonds. The topological polar surface area (TPSA) is 20.3 Å². The van der Waals surface area contributed by atoms with Gasteiger partial charge in [-0.1, -0.05) is 13.3 Å². The Kier molecular flexibility index (Phi) is 5.72. The highest BCUT2D eigenvalue weighted by molar-refractivity contribution is 5.95. The summed E-state index contributed by atoms with van der Waals surface area (Å²) in [6.07, 6.45) is 5.33. The second kappa shape index (κ2) is 7.53. The van der Waals surface area contributed by atoms with Gasteiger partial charge in [0.25, 0.3) is 0 Å². The van der Waals surface area contributed by atoms with Gasteiger partial charge in [0.15, 0.2) is 5.78 Å². The summed E-state index contributed by atoms with van der Waals surface area (Å²) in [5.74, 6) is 0.723. The number of Topliss-reactive ketones (excluding diaryl/α,β-unsaturated/α-hetero) is 1. The van der Waals surface area contributed by atoms with Crippen LogP contribution in [0.1, 0.15) is 49.4 Å². The molecule has 110 valence electrons. The normalized spacial score (nSPS) is 17.3. The van der Waals surface area contributed by atoms with Gasteiger partial charge < -0.3 is 4.90 Å². The Bertz CT molecular complexity index is 421. The molecule has 0 spiro atoms. The van der Waals surface area contributed by atoms with Crippen LogP contribution in [0, 0.1) is 11.7 Å². The summed E-state index contributed by atoms with van der Waals surface area (Å²) in [5, 5.41) is 0. The first-order valence-corrected chi connectivity index (χ1v) is 7.70. The molecule has 2 nitrogen and oxygen atoms in total. The van der Waals surface area contributed by atoms with Gasteiger partial charge in [-0.25, -0.2) is 4.39 Å². The zero-order valence-corrected chi connectivity index (χ0v) is 12.3. The molecule has 1 saturated heterocycles. The summed E-state index contributed by atoms with van der Waals surface area (Å²) >= 11 is 0. The quantitative estimate of drug-likeness (QED) is 0.735. The molecule has 1 aliphatic rings. The van der Waals surface area contributed by atoms with E-state index in [4.69, 9.17) is 0 Å². The zero-order chi connectivity index (χ0) is 14.4. The molecule has 20 heavy (non-hydrogen) atoms. The molecule has 0 N–H and O–H groups in total. The number of nitrogens with zero attached hydrogens (tertiary/aromatic N) is 1. The van der Waals surface area contributed by atoms with Gasteiger partial charge in [0.1, 0.15) is 5.82 Å². The molecule has 0 aliphatic carbocycles. The minimum Gasteiger partial charge on any atom is -0.303 e. The molecule has 0 bridgehead atoms. The van der Waals surface area contributed by atoms with E-state index in [0.717, 1.165) is 18.9 Å². The van der Waals surface area contributed by atoms with Crippen LogP contribution in [0.25, 0.3) is 0 Å². The highest BCUT2D eigenvalue weighted by atomic mass is 19.1. The smallest absolute Gasteiger partial charge is 0.162 e. The van der Waals surface area contributed by atoms with Gasteiger partial charge in [0.05, 0.1) is 0 Å². The third-order valence-corrected chi connectivity index (χ3v) is 4.33. The van der Waals surface area contributed by atoms with Crippen LogP contribution in [0.2, 0.25) is 0 Å². The van der Waals surface area contributed by atoms with E-state index in [-0.39, 0.29) is 11.6 Å². The van der Waals surface area contributed by atoms with E-state index in [1.165, 1.54) is 44.5 Å². The first-order chi connectivity index (χ1) is 9.69. The van der Waals surface area contributed by atoms with E-state index >= 15 is 0 Å². The summed E-state index contributed by atoms with van der Waals surface area (Å²) in [7, 11) is 0. The fraction of sp³-hybridized carbons (Fsp3) is 0.588. The predicted octanol–water partition coefficient (Wildman–Crippen LogP) is 3.91. The van der Waals surface area contributed by atoms with E-state index in [9.17, 15) is 9.18 Å². The number of hydrogen-bond donors (Lipinski definition) is 0. The molecule has 1 aliphatic heterocycles. The highest BCUT2D eigenvalue weighted by Crippen LogP contribution is 2.20. The first kappa shape index (κ1) is 15.2. The molecule has 0 atom stereocenters. The minimum atomic E-state index is -0.291. The van der Waals surface area contributed by atoms with Crippen LogP contribution in [0.4, 0.5) is 4.39 Å². The average Bonchev–Trinajstić information content (AvgIpc) is 2.48. The fourth-order valence-corrected chi connectivity index (χ4v) is 2.86. The van der Waals surface area contributed by atoms with Crippen LogP contribution in [-0.2, 0) is 0 Å². The Hall–Kier alpha value is -1.22. The van der Waals surface area contributed by atoms with Gasteiger partial charge in [-0.05, 0) is 69.1 Å². The number of halogens is 1. The number of likely N-dealkylation sites (tertiary alicyclic amines) is 1. The molecule has 0 radical (unpaired) electrons. The third kappa shape index (κ3) is 4.41. The van der Waals surface area contributed by atoms with E-state index in [1.807, 2.05) is 0 Å². The molecule has 0 saturated carbocycles. The average molecular weight is 277 g/mol. The maximum atomic E-state index is 12.8. The number of carbonyl (C=O) groups excluding carboxylic acids is 1. The van der Waals surface area contributed by atoms with Crippen LogP contribution in [0.5, 0.6) is 0 Å². The Morgan fingerprint density at radius 2 is 1.90 bits per heavy atom. The second-order valence-electron chi connectivity index (χ2n) is 5.73. The van der Waals surface area contributed by atoms with Crippen molar-refractivity contribution in [3.05, 3.63) is 35.6 Å². The van der Waals surface area contributed by atoms with E-state index in [0.29, 0.717) is 12.0 Å². The second-order valence-corrected chi connectivity index (χ2v) is 5.73. The Morgan fingerprint density at radius 1 is 1.25 bits per heavy atom. The lowest BCUT2D eigenvalue weighted by atomic mass is 9.94. The summed E-state index contributed by atoms with van der Waals surface area (Å²) in [4.78, 5) is 14.4. The summed E-state index contributed by atoms with van der Waals surface area (Å²) in [5.41, 5.74) is 0.621. The van der Waals surface area contributed by atoms with Crippen molar-refractivity contribution in [2.75, 3.05) is 19.6 Å². The Morgan fingerprint density at radius 3 is 2.50 bits per heavy atom. The third-order valence-electron chi connectivity index (χ3n) is 4.33. The lowest BCUT2D eigenvalue weighted by molar-refractivity contribution is 0.0970. The highest BCUT2D eigenvalue weighted by Gasteiger charge is 2.17. The summed E-state index contributed by atoms with van der Waals surface area (Å²) in [6, 6.07) is 5.85. The van der Waals surface area contributed by atoms with Gasteiger partial charge in [-0.2, -0.15) is 0 Å². The standard InChI is InChI=1S/C17H24FNO/c1-2-14-9-12-19(13-10-14)11-3-4-17(20)15-5-7-16(18)8-6-15/h5-8,14H,2-4,9-13H2,1H3. The van der Waals surface area contributed by atoms with Gasteiger partial charge >= 0.3 is 0 Å². The van der Waals surface area contributed by atoms with Gasteiger partial charge in [0, 0.05) is 12.0 Å². The molecular formula is C17H24FNO. The van der Waals surface area contributed by atoms with E-state index < -0.39 is 0 Å². The van der Waals surface area contributed by atoms with Crippen LogP contribution in [0.3, 0.4) is 0 Å². The number of piperidine rings is 1. The van der Waals surface area contributed by atoms with Crippen LogP contribution in [-0.4, -0.2) is 30.3 Å². The van der Waals surface area contributed by atoms with Crippen molar-refractivity contribution in [2.45, 2.75) is 39.0 Å². The summed E-state index contributed by atoms with van der Waals surface area (Å²) in [6.45, 7) is 5.61. The lowest BCUT2D eigenvalue weighted by Gasteiger charge is -2.31. The molecule has 1 heterocycles. The predicted molar refractivity (Wildman–Crippen MR) is 79.4 cm³/mol. The monoisotopic (exact) mass is 277 g/mol. The maximum Gasteiger partial charge on any atom is 0.162 e. The number of rotatable bonds is 6. The van der Waals surface area contributed by atoms with Gasteiger partial charge in [-0.15, -0.1) is 0 Å². The molecule has 1 fully saturated rings. The Labute approximate surface area is 121 Å². The van der Waals surface area contributed by atoms with Crippen molar-refractivity contribution in [3.8, 4) is 0 Å². The van der Waals surface area contributed by atoms with Crippen molar-refractivity contribution < 1.29 is 9.18 Å². The molecule has 2 rings (SSSR count). The zero-order valence-electron chi connectivity index (χ0n) is 12.3. The molecular weight excluding hydrogens is 253 g/mol. The van der Waals surface area contributed by atoms with E-state index in [1.54, 1.807) is 12.1 Å². The van der Waals surface area contributed by atoms with Crippen molar-refractivity contribution in [3.63, 3.8) is 0 Å². The molecule has 1 aromatic rings. The SMILES string of the molecule is CCC1CCN(CCCC(=O)c2ccc(F)cc2)CC1. The largest absolute Gasteiger partial charge is 0.303 e. The Balaban J connectivity index is 1.68. The lowest BCUT2D eigenvalue weighted by Crippen LogP contribution is -2.34. The fourth-order valence-electron chi connectivity index (χ4n) is 2.86. The number of benzene rings is 1. The number of hydrogen-bond acceptors (Lipinski definition) is 2. The van der Waals surface area contributed by atoms with Crippen molar-refractivity contribution in [2.24, 2.45) is 5.92 Å². The van der Waals surface area contributed by atoms with E-state index in [2.05, 4.69) is 11.8 Å². The molecule has 0 aromatic heterocycles. The van der Waals surface area contributed by atoms with Crippen LogP contribution < -0.4 is 0 Å². The first-order valence-electron chi connectivity index (χ1n) is 7.70. The van der Waals surface area contributed by atoms with Crippen molar-refractivity contribution >= 4 is 5.78 Å². The molecule has 3 heteroatoms. The van der Waals surface area contributed by atoms with Gasteiger partial charge in [0.2, 0.25) is 0 Å². The number of ketones is 1. The maximum absolute atomic E-state index is 12.8. The van der Waals surface area contributed by atoms with Gasteiger partial charge in [-0.3, -0.25) is 4.79 Å². The number of carbonyl (C=O) groups is 1. The molecule has 1 aromatic carbocycles. The van der Waals surface area contributed by atoms with Crippen molar-refractivity contribution in [1.29, 1.82) is 0 Å². The van der Waals surface area contributed by atoms with Crippen LogP contribution in [0.15, 0.2) is 24.3 Å². The molecule has 0 unspecified atom stereocenters. The minimum absolute atomic E-state index is 0.119. The van der Waals surface area contributed by atoms with Crippen molar-refractivity contribution in [1.82, 2.24) is 4.90 Å². The van der Waals surface area contributed by atoms with Crippen LogP contribution >= 0.6 is 0 Å². The summed E-state index contributed by atoms with van der Waals surface area (Å²) < 4.78 is 12.8.